The van der Waals surface area contributed by atoms with Crippen LogP contribution in [0.15, 0.2) is 47.4 Å². The number of nitrogens with one attached hydrogen (secondary N) is 2. The monoisotopic (exact) mass is 513 g/mol. The number of anilines is 2. The number of nitrogens with zero attached hydrogens (tertiary/aromatic N) is 1. The number of ether oxygens (including phenoxy) is 1. The second-order valence-electron chi connectivity index (χ2n) is 10.2. The van der Waals surface area contributed by atoms with Crippen LogP contribution < -0.4 is 14.8 Å². The van der Waals surface area contributed by atoms with Gasteiger partial charge in [-0.3, -0.25) is 4.72 Å². The largest absolute Gasteiger partial charge is 0.495 e. The van der Waals surface area contributed by atoms with E-state index in [0.717, 1.165) is 26.8 Å². The average molecular weight is 514 g/mol. The van der Waals surface area contributed by atoms with Crippen LogP contribution in [0.5, 0.6) is 5.75 Å². The highest BCUT2D eigenvalue weighted by molar-refractivity contribution is 7.92. The maximum absolute atomic E-state index is 13.4. The van der Waals surface area contributed by atoms with Crippen molar-refractivity contribution in [1.29, 1.82) is 0 Å². The number of aromatic nitrogens is 1. The summed E-state index contributed by atoms with van der Waals surface area (Å²) in [6, 6.07) is 13.2. The highest BCUT2D eigenvalue weighted by atomic mass is 32.2. The molecule has 0 amide bonds. The summed E-state index contributed by atoms with van der Waals surface area (Å²) in [5.74, 6) is 0.301. The van der Waals surface area contributed by atoms with Gasteiger partial charge in [0.05, 0.1) is 17.7 Å². The molecule has 0 bridgehead atoms. The van der Waals surface area contributed by atoms with E-state index in [4.69, 9.17) is 9.72 Å². The summed E-state index contributed by atoms with van der Waals surface area (Å²) < 4.78 is 34.9. The van der Waals surface area contributed by atoms with Crippen LogP contribution in [0.2, 0.25) is 0 Å². The molecule has 2 N–H and O–H groups in total. The maximum atomic E-state index is 13.4. The Bertz CT molecular complexity index is 1270. The minimum atomic E-state index is -3.87. The molecule has 188 valence electrons. The van der Waals surface area contributed by atoms with E-state index in [1.165, 1.54) is 39.2 Å². The number of hydrogen-bond acceptors (Lipinski definition) is 6. The maximum Gasteiger partial charge on any atom is 0.265 e. The van der Waals surface area contributed by atoms with Crippen molar-refractivity contribution in [1.82, 2.24) is 4.98 Å². The number of sulfonamides is 1. The Morgan fingerprint density at radius 2 is 1.71 bits per heavy atom. The molecule has 0 aliphatic heterocycles. The van der Waals surface area contributed by atoms with Gasteiger partial charge in [0, 0.05) is 11.7 Å². The van der Waals surface area contributed by atoms with E-state index in [1.807, 2.05) is 25.1 Å². The van der Waals surface area contributed by atoms with Gasteiger partial charge in [-0.1, -0.05) is 63.5 Å². The lowest BCUT2D eigenvalue weighted by Crippen LogP contribution is -2.21. The van der Waals surface area contributed by atoms with Gasteiger partial charge in [0.25, 0.3) is 10.0 Å². The van der Waals surface area contributed by atoms with E-state index < -0.39 is 10.0 Å². The first-order valence-electron chi connectivity index (χ1n) is 12.1. The van der Waals surface area contributed by atoms with Crippen molar-refractivity contribution >= 4 is 32.2 Å². The van der Waals surface area contributed by atoms with Crippen LogP contribution in [-0.4, -0.2) is 26.6 Å². The minimum Gasteiger partial charge on any atom is -0.495 e. The summed E-state index contributed by atoms with van der Waals surface area (Å²) in [6.45, 7) is 8.34. The predicted molar refractivity (Wildman–Crippen MR) is 145 cm³/mol. The fourth-order valence-electron chi connectivity index (χ4n) is 4.42. The molecule has 35 heavy (non-hydrogen) atoms. The molecule has 1 heterocycles. The number of hydrogen-bond donors (Lipinski definition) is 2. The Kier molecular flexibility index (Phi) is 7.43. The van der Waals surface area contributed by atoms with Crippen LogP contribution >= 0.6 is 11.3 Å². The molecule has 0 radical (unpaired) electrons. The molecule has 0 unspecified atom stereocenters. The van der Waals surface area contributed by atoms with Crippen molar-refractivity contribution in [3.8, 4) is 16.2 Å². The number of thiazole rings is 1. The second kappa shape index (κ2) is 10.2. The van der Waals surface area contributed by atoms with E-state index in [9.17, 15) is 8.42 Å². The van der Waals surface area contributed by atoms with Crippen molar-refractivity contribution in [2.75, 3.05) is 17.1 Å². The number of methoxy groups -OCH3 is 1. The first-order valence-corrected chi connectivity index (χ1v) is 14.4. The standard InChI is InChI=1S/C27H35N3O3S2/c1-18-25(34-26(28-18)29-21-9-7-6-8-10-21)19-11-16-23(33-5)24(17-19)35(31,32)30-22-14-12-20(13-15-22)27(2,3)4/h11-17,21,30H,6-10H2,1-5H3,(H,28,29). The zero-order valence-electron chi connectivity index (χ0n) is 21.1. The van der Waals surface area contributed by atoms with Crippen molar-refractivity contribution in [3.05, 3.63) is 53.7 Å². The smallest absolute Gasteiger partial charge is 0.265 e. The Morgan fingerprint density at radius 1 is 1.03 bits per heavy atom. The first-order chi connectivity index (χ1) is 16.6. The van der Waals surface area contributed by atoms with Crippen LogP contribution in [-0.2, 0) is 15.4 Å². The number of benzene rings is 2. The summed E-state index contributed by atoms with van der Waals surface area (Å²) in [7, 11) is -2.39. The van der Waals surface area contributed by atoms with Gasteiger partial charge in [-0.2, -0.15) is 0 Å². The lowest BCUT2D eigenvalue weighted by Gasteiger charge is -2.22. The van der Waals surface area contributed by atoms with Gasteiger partial charge in [0.2, 0.25) is 0 Å². The zero-order chi connectivity index (χ0) is 25.2. The Balaban J connectivity index is 1.61. The van der Waals surface area contributed by atoms with E-state index in [0.29, 0.717) is 17.5 Å². The van der Waals surface area contributed by atoms with Crippen molar-refractivity contribution in [2.45, 2.75) is 76.2 Å². The van der Waals surface area contributed by atoms with E-state index in [-0.39, 0.29) is 10.3 Å². The Labute approximate surface area is 213 Å². The highest BCUT2D eigenvalue weighted by Gasteiger charge is 2.23. The fraction of sp³-hybridized carbons (Fsp3) is 0.444. The van der Waals surface area contributed by atoms with Gasteiger partial charge in [-0.25, -0.2) is 13.4 Å². The Hall–Kier alpha value is -2.58. The third-order valence-electron chi connectivity index (χ3n) is 6.45. The molecular formula is C27H35N3O3S2. The summed E-state index contributed by atoms with van der Waals surface area (Å²) in [5.41, 5.74) is 3.33. The van der Waals surface area contributed by atoms with E-state index in [1.54, 1.807) is 35.6 Å². The normalized spacial score (nSPS) is 15.1. The summed E-state index contributed by atoms with van der Waals surface area (Å²) in [5, 5.41) is 4.47. The van der Waals surface area contributed by atoms with Crippen LogP contribution in [0.3, 0.4) is 0 Å². The lowest BCUT2D eigenvalue weighted by molar-refractivity contribution is 0.403. The van der Waals surface area contributed by atoms with E-state index in [2.05, 4.69) is 30.8 Å². The minimum absolute atomic E-state index is 0.00768. The quantitative estimate of drug-likeness (QED) is 0.357. The van der Waals surface area contributed by atoms with Gasteiger partial charge in [-0.15, -0.1) is 0 Å². The van der Waals surface area contributed by atoms with Crippen molar-refractivity contribution in [2.24, 2.45) is 0 Å². The molecule has 0 saturated heterocycles. The van der Waals surface area contributed by atoms with Gasteiger partial charge in [0.15, 0.2) is 5.13 Å². The SMILES string of the molecule is COc1ccc(-c2sc(NC3CCCCC3)nc2C)cc1S(=O)(=O)Nc1ccc(C(C)(C)C)cc1. The number of rotatable bonds is 7. The fourth-order valence-corrected chi connectivity index (χ4v) is 6.72. The molecule has 8 heteroatoms. The lowest BCUT2D eigenvalue weighted by atomic mass is 9.87. The van der Waals surface area contributed by atoms with Gasteiger partial charge >= 0.3 is 0 Å². The zero-order valence-corrected chi connectivity index (χ0v) is 22.8. The summed E-state index contributed by atoms with van der Waals surface area (Å²) in [4.78, 5) is 5.78. The average Bonchev–Trinajstić information content (AvgIpc) is 3.18. The van der Waals surface area contributed by atoms with Crippen LogP contribution in [0, 0.1) is 6.92 Å². The van der Waals surface area contributed by atoms with Crippen LogP contribution in [0.1, 0.15) is 64.1 Å². The molecule has 4 rings (SSSR count). The summed E-state index contributed by atoms with van der Waals surface area (Å²) >= 11 is 1.57. The molecule has 1 saturated carbocycles. The van der Waals surface area contributed by atoms with Crippen LogP contribution in [0.4, 0.5) is 10.8 Å². The van der Waals surface area contributed by atoms with Crippen molar-refractivity contribution in [3.63, 3.8) is 0 Å². The molecule has 0 spiro atoms. The molecule has 1 aliphatic rings. The van der Waals surface area contributed by atoms with Gasteiger partial charge in [0.1, 0.15) is 10.6 Å². The topological polar surface area (TPSA) is 80.3 Å². The highest BCUT2D eigenvalue weighted by Crippen LogP contribution is 2.38. The van der Waals surface area contributed by atoms with Crippen molar-refractivity contribution < 1.29 is 13.2 Å². The second-order valence-corrected chi connectivity index (χ2v) is 12.9. The molecule has 1 fully saturated rings. The van der Waals surface area contributed by atoms with Gasteiger partial charge in [-0.05, 0) is 66.6 Å². The van der Waals surface area contributed by atoms with Crippen LogP contribution in [0.25, 0.3) is 10.4 Å². The summed E-state index contributed by atoms with van der Waals surface area (Å²) in [6.07, 6.45) is 6.14. The molecule has 1 aromatic heterocycles. The molecule has 3 aromatic rings. The third kappa shape index (κ3) is 5.98. The molecule has 0 atom stereocenters. The molecule has 6 nitrogen and oxygen atoms in total. The first kappa shape index (κ1) is 25.5. The Morgan fingerprint density at radius 3 is 2.34 bits per heavy atom. The molecule has 2 aromatic carbocycles. The molecular weight excluding hydrogens is 478 g/mol. The predicted octanol–water partition coefficient (Wildman–Crippen LogP) is 6.97. The van der Waals surface area contributed by atoms with Gasteiger partial charge < -0.3 is 10.1 Å². The van der Waals surface area contributed by atoms with E-state index >= 15 is 0 Å². The number of aryl methyl sites for hydroxylation is 1. The molecule has 1 aliphatic carbocycles. The third-order valence-corrected chi connectivity index (χ3v) is 8.99.